The van der Waals surface area contributed by atoms with Gasteiger partial charge in [0.25, 0.3) is 0 Å². The summed E-state index contributed by atoms with van der Waals surface area (Å²) in [7, 11) is 3.14. The molecule has 0 saturated heterocycles. The molecule has 4 aromatic rings. The molecule has 0 radical (unpaired) electrons. The Hall–Kier alpha value is -3.88. The van der Waals surface area contributed by atoms with Gasteiger partial charge in [0.05, 0.1) is 24.8 Å². The average molecular weight is 550 g/mol. The number of nitrogens with zero attached hydrogens (tertiary/aromatic N) is 1. The number of thiocarbonyl (C=S) groups is 1. The Morgan fingerprint density at radius 1 is 0.921 bits per heavy atom. The molecular formula is C29H28ClN3O4S. The predicted molar refractivity (Wildman–Crippen MR) is 155 cm³/mol. The van der Waals surface area contributed by atoms with Crippen LogP contribution in [0.2, 0.25) is 5.02 Å². The molecule has 0 saturated carbocycles. The van der Waals surface area contributed by atoms with E-state index in [1.165, 1.54) is 5.56 Å². The molecule has 9 heteroatoms. The van der Waals surface area contributed by atoms with E-state index in [1.807, 2.05) is 24.3 Å². The van der Waals surface area contributed by atoms with Crippen LogP contribution in [0.5, 0.6) is 23.0 Å². The lowest BCUT2D eigenvalue weighted by Crippen LogP contribution is -2.33. The van der Waals surface area contributed by atoms with E-state index in [1.54, 1.807) is 50.7 Å². The quantitative estimate of drug-likeness (QED) is 0.164. The minimum atomic E-state index is -0.127. The van der Waals surface area contributed by atoms with Gasteiger partial charge in [0, 0.05) is 29.8 Å². The van der Waals surface area contributed by atoms with E-state index in [0.717, 1.165) is 24.6 Å². The second-order valence-electron chi connectivity index (χ2n) is 8.48. The van der Waals surface area contributed by atoms with Gasteiger partial charge in [0.1, 0.15) is 11.5 Å². The lowest BCUT2D eigenvalue weighted by molar-refractivity contribution is -0.119. The summed E-state index contributed by atoms with van der Waals surface area (Å²) >= 11 is 11.8. The van der Waals surface area contributed by atoms with Crippen LogP contribution in [0.1, 0.15) is 24.8 Å². The molecular weight excluding hydrogens is 522 g/mol. The topological polar surface area (TPSA) is 81.7 Å². The van der Waals surface area contributed by atoms with Crippen LogP contribution in [0.3, 0.4) is 0 Å². The first-order chi connectivity index (χ1) is 18.5. The smallest absolute Gasteiger partial charge is 0.226 e. The molecule has 1 aromatic heterocycles. The Morgan fingerprint density at radius 2 is 1.68 bits per heavy atom. The summed E-state index contributed by atoms with van der Waals surface area (Å²) in [6, 6.07) is 20.7. The van der Waals surface area contributed by atoms with Gasteiger partial charge in [-0.1, -0.05) is 41.9 Å². The standard InChI is InChI=1S/C29H28ClN3O4S/c1-35-26-17-21-23(18-27(26)36-2)31-15-14-24(21)37-25-13-12-20(16-22(25)30)32-29(38)33-28(34)11-7-6-10-19-8-4-3-5-9-19/h3-5,8-9,12-18H,6-7,10-11H2,1-2H3,(H2,32,33,34,38). The fourth-order valence-electron chi connectivity index (χ4n) is 3.93. The van der Waals surface area contributed by atoms with Crippen molar-refractivity contribution in [2.75, 3.05) is 19.5 Å². The Balaban J connectivity index is 1.33. The number of carbonyl (C=O) groups excluding carboxylic acids is 1. The van der Waals surface area contributed by atoms with Crippen LogP contribution >= 0.6 is 23.8 Å². The summed E-state index contributed by atoms with van der Waals surface area (Å²) in [6.45, 7) is 0. The van der Waals surface area contributed by atoms with Crippen molar-refractivity contribution in [3.8, 4) is 23.0 Å². The summed E-state index contributed by atoms with van der Waals surface area (Å²) in [4.78, 5) is 16.7. The molecule has 38 heavy (non-hydrogen) atoms. The minimum absolute atomic E-state index is 0.127. The number of rotatable bonds is 10. The van der Waals surface area contributed by atoms with Gasteiger partial charge >= 0.3 is 0 Å². The van der Waals surface area contributed by atoms with Gasteiger partial charge < -0.3 is 24.8 Å². The van der Waals surface area contributed by atoms with E-state index in [2.05, 4.69) is 27.8 Å². The lowest BCUT2D eigenvalue weighted by Gasteiger charge is -2.14. The highest BCUT2D eigenvalue weighted by Gasteiger charge is 2.13. The third-order valence-electron chi connectivity index (χ3n) is 5.83. The Kier molecular flexibility index (Phi) is 9.35. The number of halogens is 1. The van der Waals surface area contributed by atoms with Crippen LogP contribution in [0, 0.1) is 0 Å². The van der Waals surface area contributed by atoms with E-state index in [9.17, 15) is 4.79 Å². The van der Waals surface area contributed by atoms with Crippen molar-refractivity contribution in [1.82, 2.24) is 10.3 Å². The zero-order valence-corrected chi connectivity index (χ0v) is 22.7. The number of carbonyl (C=O) groups is 1. The second-order valence-corrected chi connectivity index (χ2v) is 9.29. The van der Waals surface area contributed by atoms with Gasteiger partial charge in [0.15, 0.2) is 16.6 Å². The Labute approximate surface area is 232 Å². The number of ether oxygens (including phenoxy) is 3. The Morgan fingerprint density at radius 3 is 2.42 bits per heavy atom. The number of aromatic nitrogens is 1. The number of unbranched alkanes of at least 4 members (excludes halogenated alkanes) is 1. The van der Waals surface area contributed by atoms with Gasteiger partial charge in [-0.15, -0.1) is 0 Å². The second kappa shape index (κ2) is 13.1. The highest BCUT2D eigenvalue weighted by Crippen LogP contribution is 2.38. The highest BCUT2D eigenvalue weighted by atomic mass is 35.5. The fourth-order valence-corrected chi connectivity index (χ4v) is 4.38. The van der Waals surface area contributed by atoms with Crippen LogP contribution in [0.4, 0.5) is 5.69 Å². The van der Waals surface area contributed by atoms with Gasteiger partial charge in [0.2, 0.25) is 5.91 Å². The highest BCUT2D eigenvalue weighted by molar-refractivity contribution is 7.80. The van der Waals surface area contributed by atoms with Crippen molar-refractivity contribution in [1.29, 1.82) is 0 Å². The first-order valence-corrected chi connectivity index (χ1v) is 12.9. The van der Waals surface area contributed by atoms with Crippen molar-refractivity contribution in [2.45, 2.75) is 25.7 Å². The van der Waals surface area contributed by atoms with Crippen molar-refractivity contribution >= 4 is 51.4 Å². The molecule has 0 aliphatic heterocycles. The molecule has 2 N–H and O–H groups in total. The number of anilines is 1. The van der Waals surface area contributed by atoms with Crippen LogP contribution < -0.4 is 24.8 Å². The molecule has 3 aromatic carbocycles. The molecule has 1 heterocycles. The van der Waals surface area contributed by atoms with Crippen molar-refractivity contribution in [2.24, 2.45) is 0 Å². The van der Waals surface area contributed by atoms with Crippen molar-refractivity contribution in [3.05, 3.63) is 83.5 Å². The van der Waals surface area contributed by atoms with Crippen molar-refractivity contribution in [3.63, 3.8) is 0 Å². The van der Waals surface area contributed by atoms with E-state index >= 15 is 0 Å². The number of nitrogens with one attached hydrogen (secondary N) is 2. The molecule has 196 valence electrons. The maximum atomic E-state index is 12.3. The van der Waals surface area contributed by atoms with E-state index in [4.69, 9.17) is 38.0 Å². The molecule has 0 fully saturated rings. The predicted octanol–water partition coefficient (Wildman–Crippen LogP) is 6.92. The zero-order chi connectivity index (χ0) is 26.9. The first-order valence-electron chi connectivity index (χ1n) is 12.1. The summed E-state index contributed by atoms with van der Waals surface area (Å²) < 4.78 is 16.9. The summed E-state index contributed by atoms with van der Waals surface area (Å²) in [5, 5.41) is 7.05. The summed E-state index contributed by atoms with van der Waals surface area (Å²) in [5.41, 5.74) is 2.59. The first kappa shape index (κ1) is 27.2. The average Bonchev–Trinajstić information content (AvgIpc) is 2.92. The maximum absolute atomic E-state index is 12.3. The van der Waals surface area contributed by atoms with Crippen LogP contribution in [0.15, 0.2) is 72.9 Å². The van der Waals surface area contributed by atoms with Gasteiger partial charge in [-0.2, -0.15) is 0 Å². The normalized spacial score (nSPS) is 10.6. The van der Waals surface area contributed by atoms with Gasteiger partial charge in [-0.25, -0.2) is 0 Å². The number of hydrogen-bond acceptors (Lipinski definition) is 6. The molecule has 4 rings (SSSR count). The third kappa shape index (κ3) is 7.12. The number of benzene rings is 3. The number of hydrogen-bond donors (Lipinski definition) is 2. The van der Waals surface area contributed by atoms with Crippen LogP contribution in [-0.2, 0) is 11.2 Å². The summed E-state index contributed by atoms with van der Waals surface area (Å²) in [6.07, 6.45) is 4.71. The number of fused-ring (bicyclic) bond motifs is 1. The van der Waals surface area contributed by atoms with Gasteiger partial charge in [-0.3, -0.25) is 9.78 Å². The molecule has 0 atom stereocenters. The molecule has 0 aliphatic carbocycles. The molecule has 0 spiro atoms. The number of aryl methyl sites for hydroxylation is 1. The van der Waals surface area contributed by atoms with Crippen molar-refractivity contribution < 1.29 is 19.0 Å². The number of amides is 1. The fraction of sp³-hybridized carbons (Fsp3) is 0.207. The van der Waals surface area contributed by atoms with E-state index in [0.29, 0.717) is 45.6 Å². The largest absolute Gasteiger partial charge is 0.493 e. The molecule has 0 aliphatic rings. The zero-order valence-electron chi connectivity index (χ0n) is 21.1. The monoisotopic (exact) mass is 549 g/mol. The SMILES string of the molecule is COc1cc2nccc(Oc3ccc(NC(=S)NC(=O)CCCCc4ccccc4)cc3Cl)c2cc1OC. The molecule has 1 amide bonds. The third-order valence-corrected chi connectivity index (χ3v) is 6.33. The molecule has 0 unspecified atom stereocenters. The molecule has 0 bridgehead atoms. The van der Waals surface area contributed by atoms with Crippen LogP contribution in [-0.4, -0.2) is 30.2 Å². The Bertz CT molecular complexity index is 1430. The number of methoxy groups -OCH3 is 2. The molecule has 7 nitrogen and oxygen atoms in total. The minimum Gasteiger partial charge on any atom is -0.493 e. The lowest BCUT2D eigenvalue weighted by atomic mass is 10.1. The number of pyridine rings is 1. The summed E-state index contributed by atoms with van der Waals surface area (Å²) in [5.74, 6) is 2.03. The van der Waals surface area contributed by atoms with E-state index in [-0.39, 0.29) is 11.0 Å². The maximum Gasteiger partial charge on any atom is 0.226 e. The van der Waals surface area contributed by atoms with Crippen LogP contribution in [0.25, 0.3) is 10.9 Å². The van der Waals surface area contributed by atoms with Gasteiger partial charge in [-0.05, 0) is 67.4 Å². The van der Waals surface area contributed by atoms with E-state index < -0.39 is 0 Å².